The first-order valence-electron chi connectivity index (χ1n) is 5.96. The summed E-state index contributed by atoms with van der Waals surface area (Å²) in [5, 5.41) is 5.52. The molecule has 1 atom stereocenters. The predicted octanol–water partition coefficient (Wildman–Crippen LogP) is 2.41. The standard InChI is InChI=1S/C13H21N3O2/c1-10(9-13(2,3)18-4)15-12(17)16-11-7-5-6-8-14-11/h5-8,10H,9H2,1-4H3,(H2,14,15,16,17)/t10-/m0/s1. The van der Waals surface area contributed by atoms with Crippen molar-refractivity contribution in [1.82, 2.24) is 10.3 Å². The first-order chi connectivity index (χ1) is 8.43. The quantitative estimate of drug-likeness (QED) is 0.844. The highest BCUT2D eigenvalue weighted by molar-refractivity contribution is 5.88. The Kier molecular flexibility index (Phi) is 5.09. The molecule has 18 heavy (non-hydrogen) atoms. The van der Waals surface area contributed by atoms with Crippen molar-refractivity contribution >= 4 is 11.8 Å². The molecule has 0 saturated carbocycles. The molecule has 100 valence electrons. The van der Waals surface area contributed by atoms with E-state index in [9.17, 15) is 4.79 Å². The second-order valence-electron chi connectivity index (χ2n) is 4.88. The van der Waals surface area contributed by atoms with Crippen molar-refractivity contribution in [1.29, 1.82) is 0 Å². The van der Waals surface area contributed by atoms with Gasteiger partial charge in [-0.15, -0.1) is 0 Å². The van der Waals surface area contributed by atoms with Gasteiger partial charge in [-0.05, 0) is 39.3 Å². The van der Waals surface area contributed by atoms with Gasteiger partial charge in [0.05, 0.1) is 5.60 Å². The Bertz CT molecular complexity index is 379. The van der Waals surface area contributed by atoms with E-state index in [0.29, 0.717) is 5.82 Å². The smallest absolute Gasteiger partial charge is 0.320 e. The van der Waals surface area contributed by atoms with Gasteiger partial charge in [-0.25, -0.2) is 9.78 Å². The number of anilines is 1. The monoisotopic (exact) mass is 251 g/mol. The van der Waals surface area contributed by atoms with Crippen LogP contribution >= 0.6 is 0 Å². The van der Waals surface area contributed by atoms with Crippen LogP contribution in [0.5, 0.6) is 0 Å². The molecule has 1 aromatic heterocycles. The molecule has 1 heterocycles. The Morgan fingerprint density at radius 1 is 1.50 bits per heavy atom. The molecular weight excluding hydrogens is 230 g/mol. The number of pyridine rings is 1. The topological polar surface area (TPSA) is 63.2 Å². The lowest BCUT2D eigenvalue weighted by Crippen LogP contribution is -2.41. The number of hydrogen-bond donors (Lipinski definition) is 2. The number of amides is 2. The maximum atomic E-state index is 11.7. The van der Waals surface area contributed by atoms with E-state index in [0.717, 1.165) is 6.42 Å². The average molecular weight is 251 g/mol. The highest BCUT2D eigenvalue weighted by Crippen LogP contribution is 2.15. The summed E-state index contributed by atoms with van der Waals surface area (Å²) in [6.07, 6.45) is 2.37. The number of carbonyl (C=O) groups excluding carboxylic acids is 1. The fourth-order valence-electron chi connectivity index (χ4n) is 1.68. The number of nitrogens with one attached hydrogen (secondary N) is 2. The summed E-state index contributed by atoms with van der Waals surface area (Å²) < 4.78 is 5.32. The SMILES string of the molecule is COC(C)(C)C[C@H](C)NC(=O)Nc1ccccn1. The third-order valence-corrected chi connectivity index (χ3v) is 2.63. The number of rotatable bonds is 5. The van der Waals surface area contributed by atoms with E-state index >= 15 is 0 Å². The Morgan fingerprint density at radius 2 is 2.22 bits per heavy atom. The average Bonchev–Trinajstić information content (AvgIpc) is 2.29. The number of hydrogen-bond acceptors (Lipinski definition) is 3. The molecule has 0 saturated heterocycles. The van der Waals surface area contributed by atoms with Gasteiger partial charge in [-0.3, -0.25) is 5.32 Å². The van der Waals surface area contributed by atoms with Crippen LogP contribution in [0.25, 0.3) is 0 Å². The first-order valence-corrected chi connectivity index (χ1v) is 5.96. The van der Waals surface area contributed by atoms with Crippen LogP contribution in [-0.4, -0.2) is 29.8 Å². The van der Waals surface area contributed by atoms with Gasteiger partial charge >= 0.3 is 6.03 Å². The Labute approximate surface area is 108 Å². The minimum Gasteiger partial charge on any atom is -0.379 e. The normalized spacial score (nSPS) is 12.9. The molecule has 0 aromatic carbocycles. The van der Waals surface area contributed by atoms with Gasteiger partial charge in [0.25, 0.3) is 0 Å². The summed E-state index contributed by atoms with van der Waals surface area (Å²) in [5.41, 5.74) is -0.252. The van der Waals surface area contributed by atoms with E-state index in [4.69, 9.17) is 4.74 Å². The number of methoxy groups -OCH3 is 1. The lowest BCUT2D eigenvalue weighted by Gasteiger charge is -2.27. The number of aromatic nitrogens is 1. The van der Waals surface area contributed by atoms with E-state index < -0.39 is 0 Å². The van der Waals surface area contributed by atoms with Gasteiger partial charge in [0.2, 0.25) is 0 Å². The van der Waals surface area contributed by atoms with E-state index in [1.54, 1.807) is 25.4 Å². The number of carbonyl (C=O) groups is 1. The van der Waals surface area contributed by atoms with Crippen LogP contribution in [0.15, 0.2) is 24.4 Å². The van der Waals surface area contributed by atoms with E-state index in [1.807, 2.05) is 26.8 Å². The molecule has 1 aromatic rings. The van der Waals surface area contributed by atoms with Gasteiger partial charge in [-0.2, -0.15) is 0 Å². The second kappa shape index (κ2) is 6.35. The highest BCUT2D eigenvalue weighted by Gasteiger charge is 2.21. The van der Waals surface area contributed by atoms with Gasteiger partial charge in [0, 0.05) is 19.3 Å². The van der Waals surface area contributed by atoms with Crippen molar-refractivity contribution in [3.05, 3.63) is 24.4 Å². The number of ether oxygens (including phenoxy) is 1. The molecule has 2 amide bonds. The zero-order chi connectivity index (χ0) is 13.6. The summed E-state index contributed by atoms with van der Waals surface area (Å²) in [4.78, 5) is 15.7. The number of urea groups is 1. The van der Waals surface area contributed by atoms with Gasteiger partial charge < -0.3 is 10.1 Å². The molecular formula is C13H21N3O2. The molecule has 5 nitrogen and oxygen atoms in total. The van der Waals surface area contributed by atoms with Gasteiger partial charge in [-0.1, -0.05) is 6.07 Å². The summed E-state index contributed by atoms with van der Waals surface area (Å²) in [7, 11) is 1.67. The van der Waals surface area contributed by atoms with Crippen molar-refractivity contribution in [3.8, 4) is 0 Å². The van der Waals surface area contributed by atoms with Crippen LogP contribution in [0.4, 0.5) is 10.6 Å². The molecule has 0 aliphatic rings. The van der Waals surface area contributed by atoms with Crippen molar-refractivity contribution in [2.75, 3.05) is 12.4 Å². The van der Waals surface area contributed by atoms with Crippen LogP contribution in [0, 0.1) is 0 Å². The van der Waals surface area contributed by atoms with Crippen LogP contribution in [0.2, 0.25) is 0 Å². The molecule has 0 bridgehead atoms. The second-order valence-corrected chi connectivity index (χ2v) is 4.88. The van der Waals surface area contributed by atoms with Crippen molar-refractivity contribution in [3.63, 3.8) is 0 Å². The molecule has 0 unspecified atom stereocenters. The molecule has 0 aliphatic carbocycles. The predicted molar refractivity (Wildman–Crippen MR) is 71.6 cm³/mol. The van der Waals surface area contributed by atoms with Crippen LogP contribution in [-0.2, 0) is 4.74 Å². The van der Waals surface area contributed by atoms with E-state index in [-0.39, 0.29) is 17.7 Å². The van der Waals surface area contributed by atoms with Crippen LogP contribution in [0.1, 0.15) is 27.2 Å². The van der Waals surface area contributed by atoms with Gasteiger partial charge in [0.15, 0.2) is 0 Å². The molecule has 2 N–H and O–H groups in total. The summed E-state index contributed by atoms with van der Waals surface area (Å²) in [6.45, 7) is 5.92. The molecule has 0 radical (unpaired) electrons. The van der Waals surface area contributed by atoms with Gasteiger partial charge in [0.1, 0.15) is 5.82 Å². The zero-order valence-electron chi connectivity index (χ0n) is 11.4. The van der Waals surface area contributed by atoms with Crippen molar-refractivity contribution < 1.29 is 9.53 Å². The maximum absolute atomic E-state index is 11.7. The fourth-order valence-corrected chi connectivity index (χ4v) is 1.68. The molecule has 5 heteroatoms. The van der Waals surface area contributed by atoms with Crippen LogP contribution < -0.4 is 10.6 Å². The molecule has 1 rings (SSSR count). The summed E-state index contributed by atoms with van der Waals surface area (Å²) in [5.74, 6) is 0.535. The number of nitrogens with zero attached hydrogens (tertiary/aromatic N) is 1. The summed E-state index contributed by atoms with van der Waals surface area (Å²) in [6, 6.07) is 5.12. The fraction of sp³-hybridized carbons (Fsp3) is 0.538. The van der Waals surface area contributed by atoms with E-state index in [1.165, 1.54) is 0 Å². The minimum atomic E-state index is -0.256. The lowest BCUT2D eigenvalue weighted by atomic mass is 10.00. The van der Waals surface area contributed by atoms with E-state index in [2.05, 4.69) is 15.6 Å². The van der Waals surface area contributed by atoms with Crippen molar-refractivity contribution in [2.45, 2.75) is 38.8 Å². The third-order valence-electron chi connectivity index (χ3n) is 2.63. The molecule has 0 aliphatic heterocycles. The first kappa shape index (κ1) is 14.4. The zero-order valence-corrected chi connectivity index (χ0v) is 11.4. The minimum absolute atomic E-state index is 0.0173. The lowest BCUT2D eigenvalue weighted by molar-refractivity contribution is 0.00963. The highest BCUT2D eigenvalue weighted by atomic mass is 16.5. The largest absolute Gasteiger partial charge is 0.379 e. The Hall–Kier alpha value is -1.62. The molecule has 0 fully saturated rings. The Morgan fingerprint density at radius 3 is 2.78 bits per heavy atom. The molecule has 0 spiro atoms. The Balaban J connectivity index is 2.41. The maximum Gasteiger partial charge on any atom is 0.320 e. The summed E-state index contributed by atoms with van der Waals surface area (Å²) >= 11 is 0. The van der Waals surface area contributed by atoms with Crippen LogP contribution in [0.3, 0.4) is 0 Å². The van der Waals surface area contributed by atoms with Crippen molar-refractivity contribution in [2.24, 2.45) is 0 Å². The third kappa shape index (κ3) is 5.14.